The van der Waals surface area contributed by atoms with Gasteiger partial charge in [-0.15, -0.1) is 0 Å². The van der Waals surface area contributed by atoms with Gasteiger partial charge < -0.3 is 10.1 Å². The van der Waals surface area contributed by atoms with Crippen LogP contribution >= 0.6 is 11.6 Å². The van der Waals surface area contributed by atoms with Gasteiger partial charge in [0, 0.05) is 13.2 Å². The van der Waals surface area contributed by atoms with E-state index in [0.717, 1.165) is 31.1 Å². The molecule has 1 rings (SSSR count). The third-order valence-corrected chi connectivity index (χ3v) is 2.75. The number of pyridine rings is 1. The summed E-state index contributed by atoms with van der Waals surface area (Å²) in [5.74, 6) is 0.851. The third kappa shape index (κ3) is 5.37. The molecule has 0 radical (unpaired) electrons. The molecule has 0 saturated carbocycles. The summed E-state index contributed by atoms with van der Waals surface area (Å²) in [6.45, 7) is 6.33. The first kappa shape index (κ1) is 14.3. The number of nitrogens with one attached hydrogen (secondary N) is 1. The summed E-state index contributed by atoms with van der Waals surface area (Å²) in [5, 5.41) is 3.83. The monoisotopic (exact) mass is 256 g/mol. The zero-order valence-electron chi connectivity index (χ0n) is 10.6. The largest absolute Gasteiger partial charge is 0.375 e. The van der Waals surface area contributed by atoms with Gasteiger partial charge in [0.2, 0.25) is 0 Å². The first-order valence-electron chi connectivity index (χ1n) is 6.25. The highest BCUT2D eigenvalue weighted by molar-refractivity contribution is 6.31. The van der Waals surface area contributed by atoms with Crippen LogP contribution in [0.3, 0.4) is 0 Å². The van der Waals surface area contributed by atoms with Crippen LogP contribution < -0.4 is 5.32 Å². The van der Waals surface area contributed by atoms with E-state index in [1.807, 2.05) is 19.1 Å². The van der Waals surface area contributed by atoms with Gasteiger partial charge in [-0.1, -0.05) is 31.4 Å². The maximum atomic E-state index is 6.07. The Morgan fingerprint density at radius 3 is 2.82 bits per heavy atom. The molecule has 1 aromatic heterocycles. The molecule has 0 atom stereocenters. The summed E-state index contributed by atoms with van der Waals surface area (Å²) < 4.78 is 5.56. The molecular formula is C13H21ClN2O. The third-order valence-electron chi connectivity index (χ3n) is 2.41. The van der Waals surface area contributed by atoms with Crippen LogP contribution in [0.2, 0.25) is 5.02 Å². The van der Waals surface area contributed by atoms with Crippen LogP contribution in [0.15, 0.2) is 12.1 Å². The van der Waals surface area contributed by atoms with E-state index in [2.05, 4.69) is 17.2 Å². The van der Waals surface area contributed by atoms with Crippen molar-refractivity contribution < 1.29 is 4.74 Å². The molecule has 0 aliphatic carbocycles. The molecule has 0 aliphatic heterocycles. The van der Waals surface area contributed by atoms with E-state index in [4.69, 9.17) is 16.3 Å². The van der Waals surface area contributed by atoms with Crippen molar-refractivity contribution in [2.45, 2.75) is 39.7 Å². The molecule has 17 heavy (non-hydrogen) atoms. The fourth-order valence-electron chi connectivity index (χ4n) is 1.49. The number of halogens is 1. The average molecular weight is 257 g/mol. The SMILES string of the molecule is CCCCCOCc1nc(NCC)ccc1Cl. The lowest BCUT2D eigenvalue weighted by Crippen LogP contribution is -2.03. The highest BCUT2D eigenvalue weighted by Gasteiger charge is 2.03. The van der Waals surface area contributed by atoms with E-state index in [1.54, 1.807) is 0 Å². The van der Waals surface area contributed by atoms with Crippen molar-refractivity contribution in [2.75, 3.05) is 18.5 Å². The fourth-order valence-corrected chi connectivity index (χ4v) is 1.65. The Kier molecular flexibility index (Phi) is 6.97. The van der Waals surface area contributed by atoms with Gasteiger partial charge in [-0.25, -0.2) is 4.98 Å². The fraction of sp³-hybridized carbons (Fsp3) is 0.615. The maximum Gasteiger partial charge on any atom is 0.126 e. The Hall–Kier alpha value is -0.800. The van der Waals surface area contributed by atoms with Crippen LogP contribution in [0, 0.1) is 0 Å². The molecule has 0 unspecified atom stereocenters. The van der Waals surface area contributed by atoms with Gasteiger partial charge in [0.25, 0.3) is 0 Å². The minimum absolute atomic E-state index is 0.488. The van der Waals surface area contributed by atoms with E-state index in [1.165, 1.54) is 12.8 Å². The quantitative estimate of drug-likeness (QED) is 0.717. The first-order valence-corrected chi connectivity index (χ1v) is 6.62. The Labute approximate surface area is 109 Å². The summed E-state index contributed by atoms with van der Waals surface area (Å²) in [5.41, 5.74) is 0.807. The number of unbranched alkanes of at least 4 members (excludes halogenated alkanes) is 2. The van der Waals surface area contributed by atoms with Crippen LogP contribution in [-0.4, -0.2) is 18.1 Å². The van der Waals surface area contributed by atoms with E-state index in [9.17, 15) is 0 Å². The number of aromatic nitrogens is 1. The molecule has 1 N–H and O–H groups in total. The van der Waals surface area contributed by atoms with Crippen LogP contribution in [-0.2, 0) is 11.3 Å². The van der Waals surface area contributed by atoms with Crippen molar-refractivity contribution in [3.8, 4) is 0 Å². The molecular weight excluding hydrogens is 236 g/mol. The molecule has 1 aromatic rings. The Bertz CT molecular complexity index is 331. The molecule has 3 nitrogen and oxygen atoms in total. The van der Waals surface area contributed by atoms with Crippen molar-refractivity contribution >= 4 is 17.4 Å². The van der Waals surface area contributed by atoms with Crippen molar-refractivity contribution in [3.63, 3.8) is 0 Å². The second-order valence-corrected chi connectivity index (χ2v) is 4.32. The lowest BCUT2D eigenvalue weighted by molar-refractivity contribution is 0.114. The summed E-state index contributed by atoms with van der Waals surface area (Å²) in [6.07, 6.45) is 3.51. The van der Waals surface area contributed by atoms with Crippen LogP contribution in [0.5, 0.6) is 0 Å². The molecule has 0 aliphatic rings. The zero-order valence-corrected chi connectivity index (χ0v) is 11.4. The summed E-state index contributed by atoms with van der Waals surface area (Å²) in [6, 6.07) is 3.74. The molecule has 0 fully saturated rings. The number of anilines is 1. The van der Waals surface area contributed by atoms with Gasteiger partial charge >= 0.3 is 0 Å². The van der Waals surface area contributed by atoms with E-state index in [0.29, 0.717) is 11.6 Å². The van der Waals surface area contributed by atoms with Crippen molar-refractivity contribution in [1.82, 2.24) is 4.98 Å². The maximum absolute atomic E-state index is 6.07. The van der Waals surface area contributed by atoms with E-state index < -0.39 is 0 Å². The van der Waals surface area contributed by atoms with Crippen LogP contribution in [0.1, 0.15) is 38.8 Å². The van der Waals surface area contributed by atoms with Gasteiger partial charge in [-0.2, -0.15) is 0 Å². The van der Waals surface area contributed by atoms with Crippen LogP contribution in [0.25, 0.3) is 0 Å². The second kappa shape index (κ2) is 8.31. The summed E-state index contributed by atoms with van der Waals surface area (Å²) >= 11 is 6.07. The van der Waals surface area contributed by atoms with Gasteiger partial charge in [0.1, 0.15) is 5.82 Å². The minimum atomic E-state index is 0.488. The highest BCUT2D eigenvalue weighted by Crippen LogP contribution is 2.17. The van der Waals surface area contributed by atoms with Crippen molar-refractivity contribution in [1.29, 1.82) is 0 Å². The Morgan fingerprint density at radius 2 is 2.12 bits per heavy atom. The molecule has 96 valence electrons. The first-order chi connectivity index (χ1) is 8.27. The second-order valence-electron chi connectivity index (χ2n) is 3.92. The number of hydrogen-bond acceptors (Lipinski definition) is 3. The van der Waals surface area contributed by atoms with Gasteiger partial charge in [0.05, 0.1) is 17.3 Å². The van der Waals surface area contributed by atoms with Gasteiger partial charge in [0.15, 0.2) is 0 Å². The minimum Gasteiger partial charge on any atom is -0.375 e. The number of rotatable bonds is 8. The number of hydrogen-bond donors (Lipinski definition) is 1. The lowest BCUT2D eigenvalue weighted by Gasteiger charge is -2.08. The number of ether oxygens (including phenoxy) is 1. The molecule has 0 bridgehead atoms. The molecule has 4 heteroatoms. The Balaban J connectivity index is 2.42. The highest BCUT2D eigenvalue weighted by atomic mass is 35.5. The predicted octanol–water partition coefficient (Wildman–Crippen LogP) is 3.87. The summed E-state index contributed by atoms with van der Waals surface area (Å²) in [7, 11) is 0. The molecule has 0 amide bonds. The standard InChI is InChI=1S/C13H21ClN2O/c1-3-5-6-9-17-10-12-11(14)7-8-13(16-12)15-4-2/h7-8H,3-6,9-10H2,1-2H3,(H,15,16). The van der Waals surface area contributed by atoms with E-state index >= 15 is 0 Å². The van der Waals surface area contributed by atoms with Crippen molar-refractivity contribution in [2.24, 2.45) is 0 Å². The van der Waals surface area contributed by atoms with Crippen LogP contribution in [0.4, 0.5) is 5.82 Å². The molecule has 1 heterocycles. The van der Waals surface area contributed by atoms with Crippen molar-refractivity contribution in [3.05, 3.63) is 22.8 Å². The predicted molar refractivity (Wildman–Crippen MR) is 72.6 cm³/mol. The average Bonchev–Trinajstić information content (AvgIpc) is 2.33. The topological polar surface area (TPSA) is 34.1 Å². The van der Waals surface area contributed by atoms with Gasteiger partial charge in [-0.3, -0.25) is 0 Å². The molecule has 0 saturated heterocycles. The smallest absolute Gasteiger partial charge is 0.126 e. The number of nitrogens with zero attached hydrogens (tertiary/aromatic N) is 1. The molecule has 0 aromatic carbocycles. The summed E-state index contributed by atoms with van der Waals surface area (Å²) in [4.78, 5) is 4.41. The lowest BCUT2D eigenvalue weighted by atomic mass is 10.3. The molecule has 0 spiro atoms. The Morgan fingerprint density at radius 1 is 1.29 bits per heavy atom. The van der Waals surface area contributed by atoms with E-state index in [-0.39, 0.29) is 0 Å². The normalized spacial score (nSPS) is 10.5. The van der Waals surface area contributed by atoms with Gasteiger partial charge in [-0.05, 0) is 25.5 Å². The zero-order chi connectivity index (χ0) is 12.5.